The Hall–Kier alpha value is -0.870. The summed E-state index contributed by atoms with van der Waals surface area (Å²) in [5.41, 5.74) is 5.62. The number of nitrogens with two attached hydrogens (primary N) is 1. The van der Waals surface area contributed by atoms with Gasteiger partial charge in [-0.25, -0.2) is 0 Å². The average Bonchev–Trinajstić information content (AvgIpc) is 1.88. The third-order valence-corrected chi connectivity index (χ3v) is 1.83. The molecule has 0 spiro atoms. The van der Waals surface area contributed by atoms with E-state index in [1.54, 1.807) is 18.2 Å². The van der Waals surface area contributed by atoms with Gasteiger partial charge in [0.25, 0.3) is 0 Å². The van der Waals surface area contributed by atoms with E-state index in [4.69, 9.17) is 5.73 Å². The lowest BCUT2D eigenvalue weighted by molar-refractivity contribution is 0.537. The molecular weight excluding hydrogens is 150 g/mol. The molecule has 54 valence electrons. The molecule has 0 bridgehead atoms. The van der Waals surface area contributed by atoms with Crippen molar-refractivity contribution < 1.29 is 8.76 Å². The summed E-state index contributed by atoms with van der Waals surface area (Å²) in [5.74, 6) is 0. The molecule has 4 heteroatoms. The molecule has 0 aliphatic rings. The van der Waals surface area contributed by atoms with Gasteiger partial charge in [0.1, 0.15) is 0 Å². The van der Waals surface area contributed by atoms with Gasteiger partial charge < -0.3 is 10.3 Å². The van der Waals surface area contributed by atoms with Crippen LogP contribution in [0.2, 0.25) is 0 Å². The van der Waals surface area contributed by atoms with Crippen LogP contribution < -0.4 is 5.73 Å². The molecule has 2 N–H and O–H groups in total. The number of benzene rings is 1. The van der Waals surface area contributed by atoms with Gasteiger partial charge in [0, 0.05) is 10.6 Å². The molecule has 1 rings (SSSR count). The Morgan fingerprint density at radius 1 is 1.40 bits per heavy atom. The highest BCUT2D eigenvalue weighted by molar-refractivity contribution is 7.79. The second-order valence-electron chi connectivity index (χ2n) is 1.77. The van der Waals surface area contributed by atoms with E-state index in [0.717, 1.165) is 0 Å². The molecule has 0 heterocycles. The normalized spacial score (nSPS) is 12.9. The van der Waals surface area contributed by atoms with E-state index in [-0.39, 0.29) is 10.6 Å². The number of para-hydroxylation sites is 1. The van der Waals surface area contributed by atoms with Crippen LogP contribution in [0.5, 0.6) is 0 Å². The van der Waals surface area contributed by atoms with Gasteiger partial charge in [0.05, 0.1) is 0 Å². The molecule has 1 atom stereocenters. The monoisotopic (exact) mass is 156 g/mol. The molecule has 3 nitrogen and oxygen atoms in total. The molecule has 10 heavy (non-hydrogen) atoms. The van der Waals surface area contributed by atoms with E-state index in [1.807, 2.05) is 0 Å². The van der Waals surface area contributed by atoms with Crippen LogP contribution in [-0.4, -0.2) is 8.76 Å². The van der Waals surface area contributed by atoms with Gasteiger partial charge in [-0.2, -0.15) is 0 Å². The zero-order chi connectivity index (χ0) is 7.56. The quantitative estimate of drug-likeness (QED) is 0.475. The van der Waals surface area contributed by atoms with E-state index in [2.05, 4.69) is 0 Å². The Balaban J connectivity index is 3.15. The first kappa shape index (κ1) is 7.24. The van der Waals surface area contributed by atoms with Gasteiger partial charge in [-0.3, -0.25) is 4.21 Å². The highest BCUT2D eigenvalue weighted by Crippen LogP contribution is 2.12. The van der Waals surface area contributed by atoms with Crippen LogP contribution in [0.4, 0.5) is 5.69 Å². The molecule has 0 aromatic heterocycles. The predicted molar refractivity (Wildman–Crippen MR) is 38.0 cm³/mol. The van der Waals surface area contributed by atoms with Gasteiger partial charge in [-0.05, 0) is 23.2 Å². The zero-order valence-corrected chi connectivity index (χ0v) is 5.93. The number of nitrogen functional groups attached to an aromatic ring is 1. The average molecular weight is 156 g/mol. The SMILES string of the molecule is Nc1ccccc1S(=O)[O-]. The molecule has 1 aromatic carbocycles. The van der Waals surface area contributed by atoms with Crippen molar-refractivity contribution in [2.45, 2.75) is 4.90 Å². The second kappa shape index (κ2) is 2.81. The van der Waals surface area contributed by atoms with Crippen LogP contribution in [0.1, 0.15) is 0 Å². The highest BCUT2D eigenvalue weighted by Gasteiger charge is 1.94. The van der Waals surface area contributed by atoms with E-state index in [9.17, 15) is 8.76 Å². The maximum atomic E-state index is 10.3. The Morgan fingerprint density at radius 2 is 2.00 bits per heavy atom. The molecule has 0 radical (unpaired) electrons. The smallest absolute Gasteiger partial charge is 0.0478 e. The van der Waals surface area contributed by atoms with Crippen molar-refractivity contribution in [3.05, 3.63) is 24.3 Å². The van der Waals surface area contributed by atoms with Crippen LogP contribution in [0.25, 0.3) is 0 Å². The standard InChI is InChI=1S/C6H7NO2S/c7-5-3-1-2-4-6(5)10(8)9/h1-4H,7H2,(H,8,9)/p-1. The van der Waals surface area contributed by atoms with E-state index >= 15 is 0 Å². The first-order chi connectivity index (χ1) is 4.72. The molecule has 0 fully saturated rings. The lowest BCUT2D eigenvalue weighted by Crippen LogP contribution is -1.95. The Kier molecular flexibility index (Phi) is 2.03. The fourth-order valence-corrected chi connectivity index (χ4v) is 1.08. The number of rotatable bonds is 1. The third-order valence-electron chi connectivity index (χ3n) is 1.10. The van der Waals surface area contributed by atoms with Crippen molar-refractivity contribution in [1.82, 2.24) is 0 Å². The number of anilines is 1. The minimum atomic E-state index is -2.22. The van der Waals surface area contributed by atoms with Gasteiger partial charge >= 0.3 is 0 Å². The molecular formula is C6H6NO2S-. The summed E-state index contributed by atoms with van der Waals surface area (Å²) in [6.45, 7) is 0. The van der Waals surface area contributed by atoms with E-state index < -0.39 is 11.1 Å². The molecule has 0 saturated carbocycles. The van der Waals surface area contributed by atoms with Gasteiger partial charge in [-0.1, -0.05) is 12.1 Å². The molecule has 0 amide bonds. The van der Waals surface area contributed by atoms with Crippen LogP contribution in [-0.2, 0) is 11.1 Å². The maximum Gasteiger partial charge on any atom is 0.0478 e. The van der Waals surface area contributed by atoms with Crippen LogP contribution in [0.15, 0.2) is 29.2 Å². The molecule has 0 aliphatic heterocycles. The minimum Gasteiger partial charge on any atom is -0.768 e. The summed E-state index contributed by atoms with van der Waals surface area (Å²) in [6, 6.07) is 6.32. The van der Waals surface area contributed by atoms with Crippen LogP contribution >= 0.6 is 0 Å². The Bertz CT molecular complexity index is 262. The van der Waals surface area contributed by atoms with Crippen LogP contribution in [0.3, 0.4) is 0 Å². The first-order valence-corrected chi connectivity index (χ1v) is 3.73. The maximum absolute atomic E-state index is 10.3. The summed E-state index contributed by atoms with van der Waals surface area (Å²) in [4.78, 5) is 0.155. The fraction of sp³-hybridized carbons (Fsp3) is 0. The van der Waals surface area contributed by atoms with E-state index in [1.165, 1.54) is 6.07 Å². The number of hydrogen-bond donors (Lipinski definition) is 1. The summed E-state index contributed by atoms with van der Waals surface area (Å²) in [6.07, 6.45) is 0. The van der Waals surface area contributed by atoms with Crippen molar-refractivity contribution >= 4 is 16.8 Å². The predicted octanol–water partition coefficient (Wildman–Crippen LogP) is 0.507. The van der Waals surface area contributed by atoms with Crippen molar-refractivity contribution in [3.8, 4) is 0 Å². The van der Waals surface area contributed by atoms with Gasteiger partial charge in [-0.15, -0.1) is 0 Å². The summed E-state index contributed by atoms with van der Waals surface area (Å²) < 4.78 is 20.7. The van der Waals surface area contributed by atoms with Crippen molar-refractivity contribution in [2.24, 2.45) is 0 Å². The minimum absolute atomic E-state index is 0.155. The second-order valence-corrected chi connectivity index (χ2v) is 2.68. The molecule has 0 aliphatic carbocycles. The molecule has 1 aromatic rings. The largest absolute Gasteiger partial charge is 0.768 e. The van der Waals surface area contributed by atoms with Crippen molar-refractivity contribution in [3.63, 3.8) is 0 Å². The van der Waals surface area contributed by atoms with E-state index in [0.29, 0.717) is 0 Å². The van der Waals surface area contributed by atoms with Crippen molar-refractivity contribution in [2.75, 3.05) is 5.73 Å². The summed E-state index contributed by atoms with van der Waals surface area (Å²) in [5, 5.41) is 0. The number of hydrogen-bond acceptors (Lipinski definition) is 3. The third kappa shape index (κ3) is 1.34. The first-order valence-electron chi connectivity index (χ1n) is 2.65. The molecule has 1 unspecified atom stereocenters. The van der Waals surface area contributed by atoms with Gasteiger partial charge in [0.2, 0.25) is 0 Å². The lowest BCUT2D eigenvalue weighted by atomic mass is 10.3. The highest BCUT2D eigenvalue weighted by atomic mass is 32.2. The van der Waals surface area contributed by atoms with Crippen molar-refractivity contribution in [1.29, 1.82) is 0 Å². The molecule has 0 saturated heterocycles. The topological polar surface area (TPSA) is 66.2 Å². The zero-order valence-electron chi connectivity index (χ0n) is 5.11. The Labute approximate surface area is 61.1 Å². The Morgan fingerprint density at radius 3 is 2.40 bits per heavy atom. The fourth-order valence-electron chi connectivity index (χ4n) is 0.632. The summed E-state index contributed by atoms with van der Waals surface area (Å²) in [7, 11) is 0. The summed E-state index contributed by atoms with van der Waals surface area (Å²) >= 11 is -2.22. The van der Waals surface area contributed by atoms with Crippen LogP contribution in [0, 0.1) is 0 Å². The van der Waals surface area contributed by atoms with Gasteiger partial charge in [0.15, 0.2) is 0 Å². The lowest BCUT2D eigenvalue weighted by Gasteiger charge is -2.06.